The maximum atomic E-state index is 4.59. The molecule has 0 saturated carbocycles. The van der Waals surface area contributed by atoms with Crippen LogP contribution >= 0.6 is 0 Å². The first-order chi connectivity index (χ1) is 6.36. The predicted molar refractivity (Wildman–Crippen MR) is 50.5 cm³/mol. The van der Waals surface area contributed by atoms with Gasteiger partial charge in [-0.05, 0) is 19.8 Å². The first kappa shape index (κ1) is 7.56. The fraction of sp³-hybridized carbons (Fsp3) is 0.700. The van der Waals surface area contributed by atoms with Crippen molar-refractivity contribution in [3.05, 3.63) is 17.5 Å². The Bertz CT molecular complexity index is 329. The van der Waals surface area contributed by atoms with Gasteiger partial charge in [0.25, 0.3) is 0 Å². The van der Waals surface area contributed by atoms with E-state index >= 15 is 0 Å². The summed E-state index contributed by atoms with van der Waals surface area (Å²) in [6.45, 7) is 3.13. The number of hydrogen-bond donors (Lipinski definition) is 1. The summed E-state index contributed by atoms with van der Waals surface area (Å²) in [4.78, 5) is 0. The summed E-state index contributed by atoms with van der Waals surface area (Å²) in [5, 5.41) is 8.22. The summed E-state index contributed by atoms with van der Waals surface area (Å²) in [5.41, 5.74) is 2.80. The van der Waals surface area contributed by atoms with Crippen molar-refractivity contribution < 1.29 is 0 Å². The van der Waals surface area contributed by atoms with Crippen LogP contribution in [0.2, 0.25) is 0 Å². The molecule has 1 fully saturated rings. The molecule has 13 heavy (non-hydrogen) atoms. The quantitative estimate of drug-likeness (QED) is 0.699. The standard InChI is InChI=1S/C10H15N3/c1-2-13-6-8-9-4-3-7(11-9)5-10(8)12-13/h6-7,9,11H,2-5H2,1H3/t7-,9+/m1/s1. The third kappa shape index (κ3) is 1.03. The molecule has 2 aliphatic rings. The first-order valence-corrected chi connectivity index (χ1v) is 5.19. The fourth-order valence-corrected chi connectivity index (χ4v) is 2.55. The second kappa shape index (κ2) is 2.58. The van der Waals surface area contributed by atoms with E-state index < -0.39 is 0 Å². The normalized spacial score (nSPS) is 30.5. The summed E-state index contributed by atoms with van der Waals surface area (Å²) < 4.78 is 2.06. The molecule has 1 N–H and O–H groups in total. The van der Waals surface area contributed by atoms with Crippen LogP contribution in [0.4, 0.5) is 0 Å². The highest BCUT2D eigenvalue weighted by atomic mass is 15.3. The van der Waals surface area contributed by atoms with Crippen molar-refractivity contribution in [1.82, 2.24) is 15.1 Å². The summed E-state index contributed by atoms with van der Waals surface area (Å²) in [7, 11) is 0. The van der Waals surface area contributed by atoms with E-state index in [9.17, 15) is 0 Å². The molecule has 3 nitrogen and oxygen atoms in total. The predicted octanol–water partition coefficient (Wildman–Crippen LogP) is 1.25. The zero-order valence-electron chi connectivity index (χ0n) is 7.95. The van der Waals surface area contributed by atoms with Crippen molar-refractivity contribution in [3.8, 4) is 0 Å². The van der Waals surface area contributed by atoms with Crippen LogP contribution in [-0.2, 0) is 13.0 Å². The van der Waals surface area contributed by atoms with Crippen molar-refractivity contribution >= 4 is 0 Å². The van der Waals surface area contributed by atoms with E-state index in [0.29, 0.717) is 12.1 Å². The lowest BCUT2D eigenvalue weighted by molar-refractivity contribution is 0.509. The van der Waals surface area contributed by atoms with Crippen molar-refractivity contribution in [2.45, 2.75) is 44.8 Å². The van der Waals surface area contributed by atoms with Gasteiger partial charge in [0.1, 0.15) is 0 Å². The topological polar surface area (TPSA) is 29.9 Å². The van der Waals surface area contributed by atoms with Gasteiger partial charge in [0.2, 0.25) is 0 Å². The molecule has 2 atom stereocenters. The molecular formula is C10H15N3. The Kier molecular flexibility index (Phi) is 1.50. The number of nitrogens with one attached hydrogen (secondary N) is 1. The molecule has 3 rings (SSSR count). The summed E-state index contributed by atoms with van der Waals surface area (Å²) in [6.07, 6.45) is 5.98. The van der Waals surface area contributed by atoms with Crippen molar-refractivity contribution in [2.75, 3.05) is 0 Å². The van der Waals surface area contributed by atoms with Crippen LogP contribution in [0.25, 0.3) is 0 Å². The van der Waals surface area contributed by atoms with Gasteiger partial charge in [-0.25, -0.2) is 0 Å². The van der Waals surface area contributed by atoms with Gasteiger partial charge in [-0.15, -0.1) is 0 Å². The van der Waals surface area contributed by atoms with E-state index in [1.165, 1.54) is 24.1 Å². The third-order valence-electron chi connectivity index (χ3n) is 3.25. The molecule has 0 radical (unpaired) electrons. The van der Waals surface area contributed by atoms with Gasteiger partial charge in [0.15, 0.2) is 0 Å². The largest absolute Gasteiger partial charge is 0.307 e. The number of rotatable bonds is 1. The van der Waals surface area contributed by atoms with E-state index in [-0.39, 0.29) is 0 Å². The highest BCUT2D eigenvalue weighted by Crippen LogP contribution is 2.34. The number of aromatic nitrogens is 2. The van der Waals surface area contributed by atoms with E-state index in [4.69, 9.17) is 0 Å². The van der Waals surface area contributed by atoms with Gasteiger partial charge in [0, 0.05) is 36.8 Å². The number of aryl methyl sites for hydroxylation is 1. The van der Waals surface area contributed by atoms with Crippen LogP contribution in [-0.4, -0.2) is 15.8 Å². The minimum Gasteiger partial charge on any atom is -0.307 e. The molecule has 70 valence electrons. The van der Waals surface area contributed by atoms with Crippen LogP contribution in [0.3, 0.4) is 0 Å². The number of hydrogen-bond acceptors (Lipinski definition) is 2. The van der Waals surface area contributed by atoms with E-state index in [1.807, 2.05) is 0 Å². The van der Waals surface area contributed by atoms with Gasteiger partial charge in [-0.1, -0.05) is 0 Å². The summed E-state index contributed by atoms with van der Waals surface area (Å²) in [6, 6.07) is 1.31. The zero-order chi connectivity index (χ0) is 8.84. The average Bonchev–Trinajstić information content (AvgIpc) is 2.71. The van der Waals surface area contributed by atoms with Crippen molar-refractivity contribution in [1.29, 1.82) is 0 Å². The number of fused-ring (bicyclic) bond motifs is 4. The minimum atomic E-state index is 0.606. The second-order valence-electron chi connectivity index (χ2n) is 4.08. The zero-order valence-corrected chi connectivity index (χ0v) is 7.95. The Labute approximate surface area is 78.1 Å². The second-order valence-corrected chi connectivity index (χ2v) is 4.08. The molecule has 1 saturated heterocycles. The maximum Gasteiger partial charge on any atom is 0.0687 e. The smallest absolute Gasteiger partial charge is 0.0687 e. The third-order valence-corrected chi connectivity index (χ3v) is 3.25. The van der Waals surface area contributed by atoms with Gasteiger partial charge in [0.05, 0.1) is 5.69 Å². The molecule has 0 spiro atoms. The Morgan fingerprint density at radius 3 is 3.38 bits per heavy atom. The van der Waals surface area contributed by atoms with Crippen LogP contribution in [0, 0.1) is 0 Å². The monoisotopic (exact) mass is 177 g/mol. The SMILES string of the molecule is CCn1cc2c(n1)C[C@H]1CC[C@@H]2N1. The first-order valence-electron chi connectivity index (χ1n) is 5.19. The lowest BCUT2D eigenvalue weighted by Crippen LogP contribution is -2.31. The molecule has 0 aromatic carbocycles. The van der Waals surface area contributed by atoms with Crippen molar-refractivity contribution in [2.24, 2.45) is 0 Å². The number of nitrogens with zero attached hydrogens (tertiary/aromatic N) is 2. The van der Waals surface area contributed by atoms with Crippen LogP contribution < -0.4 is 5.32 Å². The van der Waals surface area contributed by atoms with Crippen LogP contribution in [0.5, 0.6) is 0 Å². The molecule has 1 aromatic heterocycles. The van der Waals surface area contributed by atoms with Crippen LogP contribution in [0.1, 0.15) is 37.1 Å². The molecule has 3 heterocycles. The van der Waals surface area contributed by atoms with Gasteiger partial charge < -0.3 is 5.32 Å². The molecule has 0 unspecified atom stereocenters. The molecule has 1 aromatic rings. The summed E-state index contributed by atoms with van der Waals surface area (Å²) >= 11 is 0. The lowest BCUT2D eigenvalue weighted by Gasteiger charge is -2.19. The lowest BCUT2D eigenvalue weighted by atomic mass is 10.0. The molecule has 0 amide bonds. The molecule has 2 bridgehead atoms. The average molecular weight is 177 g/mol. The minimum absolute atomic E-state index is 0.606. The molecule has 3 heteroatoms. The van der Waals surface area contributed by atoms with Gasteiger partial charge >= 0.3 is 0 Å². The van der Waals surface area contributed by atoms with Gasteiger partial charge in [-0.2, -0.15) is 5.10 Å². The fourth-order valence-electron chi connectivity index (χ4n) is 2.55. The highest BCUT2D eigenvalue weighted by molar-refractivity contribution is 5.27. The van der Waals surface area contributed by atoms with E-state index in [2.05, 4.69) is 28.2 Å². The Hall–Kier alpha value is -0.830. The van der Waals surface area contributed by atoms with Crippen LogP contribution in [0.15, 0.2) is 6.20 Å². The Balaban J connectivity index is 2.04. The van der Waals surface area contributed by atoms with E-state index in [1.54, 1.807) is 0 Å². The molecular weight excluding hydrogens is 162 g/mol. The molecule has 0 aliphatic carbocycles. The Morgan fingerprint density at radius 2 is 2.54 bits per heavy atom. The van der Waals surface area contributed by atoms with Gasteiger partial charge in [-0.3, -0.25) is 4.68 Å². The summed E-state index contributed by atoms with van der Waals surface area (Å²) in [5.74, 6) is 0. The molecule has 2 aliphatic heterocycles. The Morgan fingerprint density at radius 1 is 1.62 bits per heavy atom. The highest BCUT2D eigenvalue weighted by Gasteiger charge is 2.33. The van der Waals surface area contributed by atoms with E-state index in [0.717, 1.165) is 13.0 Å². The van der Waals surface area contributed by atoms with Crippen molar-refractivity contribution in [3.63, 3.8) is 0 Å². The maximum absolute atomic E-state index is 4.59.